The summed E-state index contributed by atoms with van der Waals surface area (Å²) >= 11 is 0. The van der Waals surface area contributed by atoms with E-state index in [0.29, 0.717) is 23.3 Å². The van der Waals surface area contributed by atoms with E-state index in [2.05, 4.69) is 20.5 Å². The van der Waals surface area contributed by atoms with Crippen LogP contribution in [0.1, 0.15) is 5.56 Å². The van der Waals surface area contributed by atoms with Gasteiger partial charge in [0.05, 0.1) is 10.9 Å². The summed E-state index contributed by atoms with van der Waals surface area (Å²) in [5, 5.41) is 8.17. The van der Waals surface area contributed by atoms with Gasteiger partial charge in [0, 0.05) is 11.4 Å². The predicted molar refractivity (Wildman–Crippen MR) is 115 cm³/mol. The second kappa shape index (κ2) is 8.94. The predicted octanol–water partition coefficient (Wildman–Crippen LogP) is 6.78. The van der Waals surface area contributed by atoms with Gasteiger partial charge in [-0.1, -0.05) is 17.3 Å². The van der Waals surface area contributed by atoms with Crippen molar-refractivity contribution in [2.45, 2.75) is 12.5 Å². The Bertz CT molecular complexity index is 1430. The molecule has 0 aliphatic carbocycles. The number of alkyl halides is 6. The fourth-order valence-corrected chi connectivity index (χ4v) is 3.35. The van der Waals surface area contributed by atoms with Crippen LogP contribution in [-0.2, 0) is 6.18 Å². The number of carbonyl (C=O) groups excluding carboxylic acids is 1. The second-order valence-corrected chi connectivity index (χ2v) is 7.28. The molecule has 0 saturated heterocycles. The smallest absolute Gasteiger partial charge is 0.403 e. The van der Waals surface area contributed by atoms with Crippen molar-refractivity contribution in [1.82, 2.24) is 5.16 Å². The van der Waals surface area contributed by atoms with Gasteiger partial charge < -0.3 is 25.6 Å². The van der Waals surface area contributed by atoms with Crippen molar-refractivity contribution in [2.75, 3.05) is 16.4 Å². The number of hydrogen-bond donors (Lipinski definition) is 3. The van der Waals surface area contributed by atoms with Crippen molar-refractivity contribution in [2.24, 2.45) is 0 Å². The lowest BCUT2D eigenvalue weighted by molar-refractivity contribution is -0.274. The van der Waals surface area contributed by atoms with Gasteiger partial charge in [-0.2, -0.15) is 13.2 Å². The molecule has 4 N–H and O–H groups in total. The van der Waals surface area contributed by atoms with Gasteiger partial charge in [-0.05, 0) is 53.6 Å². The van der Waals surface area contributed by atoms with E-state index < -0.39 is 35.7 Å². The molecule has 0 unspecified atom stereocenters. The third kappa shape index (κ3) is 5.26. The number of urea groups is 1. The molecule has 7 nitrogen and oxygen atoms in total. The normalized spacial score (nSPS) is 12.0. The second-order valence-electron chi connectivity index (χ2n) is 7.28. The molecule has 0 aliphatic heterocycles. The highest BCUT2D eigenvalue weighted by molar-refractivity contribution is 6.04. The van der Waals surface area contributed by atoms with Crippen LogP contribution in [0.4, 0.5) is 52.8 Å². The number of nitrogens with two attached hydrogens (primary N) is 1. The van der Waals surface area contributed by atoms with Gasteiger partial charge in [-0.3, -0.25) is 0 Å². The number of benzene rings is 3. The maximum absolute atomic E-state index is 13.4. The Labute approximate surface area is 196 Å². The van der Waals surface area contributed by atoms with Gasteiger partial charge in [0.1, 0.15) is 5.82 Å². The molecule has 4 rings (SSSR count). The number of nitrogen functional groups attached to an aromatic ring is 1. The quantitative estimate of drug-likeness (QED) is 0.261. The van der Waals surface area contributed by atoms with E-state index in [1.165, 1.54) is 30.3 Å². The van der Waals surface area contributed by atoms with Crippen LogP contribution < -0.4 is 21.1 Å². The molecule has 14 heteroatoms. The Morgan fingerprint density at radius 2 is 1.56 bits per heavy atom. The fraction of sp³-hybridized carbons (Fsp3) is 0.0909. The maximum Gasteiger partial charge on any atom is 0.573 e. The Kier molecular flexibility index (Phi) is 6.12. The van der Waals surface area contributed by atoms with Crippen LogP contribution in [0.25, 0.3) is 22.0 Å². The van der Waals surface area contributed by atoms with Gasteiger partial charge >= 0.3 is 18.6 Å². The van der Waals surface area contributed by atoms with Gasteiger partial charge in [-0.15, -0.1) is 13.2 Å². The summed E-state index contributed by atoms with van der Waals surface area (Å²) in [6.07, 6.45) is -9.90. The summed E-state index contributed by atoms with van der Waals surface area (Å²) in [4.78, 5) is 12.2. The lowest BCUT2D eigenvalue weighted by atomic mass is 10.0. The monoisotopic (exact) mass is 514 g/mol. The Balaban J connectivity index is 1.53. The van der Waals surface area contributed by atoms with Crippen LogP contribution in [0, 0.1) is 5.82 Å². The Morgan fingerprint density at radius 1 is 0.917 bits per heavy atom. The van der Waals surface area contributed by atoms with Crippen LogP contribution in [0.3, 0.4) is 0 Å². The van der Waals surface area contributed by atoms with E-state index in [1.54, 1.807) is 0 Å². The molecule has 0 spiro atoms. The molecule has 0 bridgehead atoms. The van der Waals surface area contributed by atoms with Crippen molar-refractivity contribution in [3.05, 3.63) is 66.0 Å². The van der Waals surface area contributed by atoms with Crippen LogP contribution >= 0.6 is 0 Å². The van der Waals surface area contributed by atoms with Crippen LogP contribution in [0.2, 0.25) is 0 Å². The average Bonchev–Trinajstić information content (AvgIpc) is 3.16. The SMILES string of the molecule is Nc1onc2c(OC(F)(F)F)ccc(-c3ccc(NC(=O)Nc4ccc(F)c(C(F)(F)F)c4)cc3)c12. The van der Waals surface area contributed by atoms with E-state index in [9.17, 15) is 35.5 Å². The number of fused-ring (bicyclic) bond motifs is 1. The molecule has 2 amide bonds. The number of hydrogen-bond acceptors (Lipinski definition) is 5. The van der Waals surface area contributed by atoms with Crippen LogP contribution in [0.15, 0.2) is 59.1 Å². The van der Waals surface area contributed by atoms with Crippen molar-refractivity contribution in [3.8, 4) is 16.9 Å². The van der Waals surface area contributed by atoms with E-state index >= 15 is 0 Å². The van der Waals surface area contributed by atoms with Gasteiger partial charge in [0.15, 0.2) is 11.3 Å². The number of amides is 2. The molecule has 1 heterocycles. The van der Waals surface area contributed by atoms with Crippen molar-refractivity contribution < 1.29 is 44.8 Å². The standard InChI is InChI=1S/C22H13F7N4O3/c23-15-7-5-12(9-14(15)21(24,25)26)32-20(34)31-11-3-1-10(2-4-11)13-6-8-16(35-22(27,28)29)18-17(13)19(30)36-33-18/h1-9H,30H2,(H2,31,32,34). The highest BCUT2D eigenvalue weighted by Crippen LogP contribution is 2.39. The number of carbonyl (C=O) groups is 1. The highest BCUT2D eigenvalue weighted by Gasteiger charge is 2.34. The Hall–Kier alpha value is -4.49. The van der Waals surface area contributed by atoms with Gasteiger partial charge in [0.25, 0.3) is 0 Å². The Morgan fingerprint density at radius 3 is 2.19 bits per heavy atom. The summed E-state index contributed by atoms with van der Waals surface area (Å²) < 4.78 is 98.7. The first-order valence-corrected chi connectivity index (χ1v) is 9.80. The minimum atomic E-state index is -4.96. The molecular weight excluding hydrogens is 501 g/mol. The first-order valence-electron chi connectivity index (χ1n) is 9.80. The number of ether oxygens (including phenoxy) is 1. The molecule has 3 aromatic carbocycles. The maximum atomic E-state index is 13.4. The number of aromatic nitrogens is 1. The van der Waals surface area contributed by atoms with Crippen LogP contribution in [-0.4, -0.2) is 17.6 Å². The average molecular weight is 514 g/mol. The minimum Gasteiger partial charge on any atom is -0.403 e. The molecule has 4 aromatic rings. The lowest BCUT2D eigenvalue weighted by Gasteiger charge is -2.12. The van der Waals surface area contributed by atoms with E-state index in [4.69, 9.17) is 10.3 Å². The molecule has 0 fully saturated rings. The molecular formula is C22H13F7N4O3. The van der Waals surface area contributed by atoms with E-state index in [0.717, 1.165) is 12.1 Å². The fourth-order valence-electron chi connectivity index (χ4n) is 3.35. The number of anilines is 3. The zero-order chi connectivity index (χ0) is 26.3. The molecule has 0 radical (unpaired) electrons. The minimum absolute atomic E-state index is 0.0759. The van der Waals surface area contributed by atoms with Crippen molar-refractivity contribution in [3.63, 3.8) is 0 Å². The van der Waals surface area contributed by atoms with E-state index in [-0.39, 0.29) is 28.2 Å². The number of halogens is 7. The molecule has 0 saturated carbocycles. The zero-order valence-electron chi connectivity index (χ0n) is 17.6. The van der Waals surface area contributed by atoms with Crippen LogP contribution in [0.5, 0.6) is 5.75 Å². The number of nitrogens with one attached hydrogen (secondary N) is 2. The summed E-state index contributed by atoms with van der Waals surface area (Å²) in [7, 11) is 0. The molecule has 0 atom stereocenters. The molecule has 1 aromatic heterocycles. The first kappa shape index (κ1) is 24.6. The summed E-state index contributed by atoms with van der Waals surface area (Å²) in [5.74, 6) is -2.33. The topological polar surface area (TPSA) is 102 Å². The third-order valence-electron chi connectivity index (χ3n) is 4.83. The largest absolute Gasteiger partial charge is 0.573 e. The molecule has 188 valence electrons. The number of rotatable bonds is 4. The molecule has 0 aliphatic rings. The van der Waals surface area contributed by atoms with Crippen molar-refractivity contribution >= 4 is 34.2 Å². The zero-order valence-corrected chi connectivity index (χ0v) is 17.6. The lowest BCUT2D eigenvalue weighted by Crippen LogP contribution is -2.20. The summed E-state index contributed by atoms with van der Waals surface area (Å²) in [5.41, 5.74) is 4.72. The summed E-state index contributed by atoms with van der Waals surface area (Å²) in [6.45, 7) is 0. The first-order chi connectivity index (χ1) is 16.8. The van der Waals surface area contributed by atoms with Gasteiger partial charge in [-0.25, -0.2) is 9.18 Å². The highest BCUT2D eigenvalue weighted by atomic mass is 19.4. The third-order valence-corrected chi connectivity index (χ3v) is 4.83. The molecule has 36 heavy (non-hydrogen) atoms. The summed E-state index contributed by atoms with van der Waals surface area (Å²) in [6, 6.07) is 9.32. The van der Waals surface area contributed by atoms with Gasteiger partial charge in [0.2, 0.25) is 5.88 Å². The van der Waals surface area contributed by atoms with Crippen molar-refractivity contribution in [1.29, 1.82) is 0 Å². The van der Waals surface area contributed by atoms with E-state index in [1.807, 2.05) is 0 Å². The number of nitrogens with zero attached hydrogens (tertiary/aromatic N) is 1.